The number of carbonyl (C=O) groups is 2. The molecule has 0 spiro atoms. The van der Waals surface area contributed by atoms with Gasteiger partial charge in [-0.15, -0.1) is 0 Å². The quantitative estimate of drug-likeness (QED) is 0.398. The van der Waals surface area contributed by atoms with E-state index >= 15 is 0 Å². The minimum atomic E-state index is -0.425. The molecular weight excluding hydrogens is 441 g/mol. The van der Waals surface area contributed by atoms with E-state index in [0.29, 0.717) is 37.8 Å². The number of amides is 2. The molecule has 0 aliphatic carbocycles. The average molecular weight is 451 g/mol. The van der Waals surface area contributed by atoms with Crippen molar-refractivity contribution in [1.29, 1.82) is 0 Å². The van der Waals surface area contributed by atoms with E-state index in [1.54, 1.807) is 54.6 Å². The Bertz CT molecular complexity index is 1100. The second-order valence-electron chi connectivity index (χ2n) is 5.79. The van der Waals surface area contributed by atoms with Gasteiger partial charge in [0.1, 0.15) is 11.5 Å². The first-order chi connectivity index (χ1) is 13.4. The van der Waals surface area contributed by atoms with Crippen molar-refractivity contribution in [3.63, 3.8) is 0 Å². The highest BCUT2D eigenvalue weighted by molar-refractivity contribution is 8.19. The lowest BCUT2D eigenvalue weighted by molar-refractivity contribution is -0.113. The maximum Gasteiger partial charge on any atom is 0.298 e. The van der Waals surface area contributed by atoms with Crippen molar-refractivity contribution in [2.75, 3.05) is 4.90 Å². The minimum absolute atomic E-state index is 0.256. The van der Waals surface area contributed by atoms with E-state index in [4.69, 9.17) is 39.2 Å². The SMILES string of the molecule is O=C1S/C(=C/c2ccc(-c3c(Cl)cccc3Cl)o2)C(=O)N1c1ccc(Cl)cc1. The molecule has 1 aromatic heterocycles. The summed E-state index contributed by atoms with van der Waals surface area (Å²) in [5.74, 6) is 0.456. The summed E-state index contributed by atoms with van der Waals surface area (Å²) in [7, 11) is 0. The van der Waals surface area contributed by atoms with Crippen molar-refractivity contribution < 1.29 is 14.0 Å². The molecule has 1 fully saturated rings. The third-order valence-electron chi connectivity index (χ3n) is 3.99. The average Bonchev–Trinajstić information content (AvgIpc) is 3.21. The zero-order chi connectivity index (χ0) is 19.8. The highest BCUT2D eigenvalue weighted by Gasteiger charge is 2.36. The summed E-state index contributed by atoms with van der Waals surface area (Å²) in [4.78, 5) is 26.4. The van der Waals surface area contributed by atoms with Gasteiger partial charge in [-0.3, -0.25) is 9.59 Å². The number of rotatable bonds is 3. The summed E-state index contributed by atoms with van der Waals surface area (Å²) in [6.07, 6.45) is 1.52. The molecule has 1 aliphatic heterocycles. The summed E-state index contributed by atoms with van der Waals surface area (Å²) < 4.78 is 5.78. The van der Waals surface area contributed by atoms with Crippen LogP contribution in [0.1, 0.15) is 5.76 Å². The Kier molecular flexibility index (Phi) is 5.25. The van der Waals surface area contributed by atoms with Crippen molar-refractivity contribution in [3.05, 3.63) is 80.3 Å². The smallest absolute Gasteiger partial charge is 0.298 e. The highest BCUT2D eigenvalue weighted by atomic mass is 35.5. The Labute approximate surface area is 179 Å². The predicted molar refractivity (Wildman–Crippen MR) is 114 cm³/mol. The number of hydrogen-bond acceptors (Lipinski definition) is 4. The van der Waals surface area contributed by atoms with Gasteiger partial charge in [-0.25, -0.2) is 4.90 Å². The third-order valence-corrected chi connectivity index (χ3v) is 5.74. The molecule has 28 heavy (non-hydrogen) atoms. The van der Waals surface area contributed by atoms with Crippen LogP contribution in [0, 0.1) is 0 Å². The molecule has 3 aromatic rings. The van der Waals surface area contributed by atoms with Crippen LogP contribution in [-0.4, -0.2) is 11.1 Å². The van der Waals surface area contributed by atoms with Crippen LogP contribution in [-0.2, 0) is 4.79 Å². The van der Waals surface area contributed by atoms with Gasteiger partial charge in [-0.05, 0) is 60.3 Å². The summed E-state index contributed by atoms with van der Waals surface area (Å²) in [5, 5.41) is 1.04. The fraction of sp³-hybridized carbons (Fsp3) is 0. The molecule has 0 unspecified atom stereocenters. The highest BCUT2D eigenvalue weighted by Crippen LogP contribution is 2.38. The number of benzene rings is 2. The maximum absolute atomic E-state index is 12.7. The Morgan fingerprint density at radius 3 is 2.25 bits per heavy atom. The first kappa shape index (κ1) is 19.2. The number of thioether (sulfide) groups is 1. The number of hydrogen-bond donors (Lipinski definition) is 0. The summed E-state index contributed by atoms with van der Waals surface area (Å²) in [6.45, 7) is 0. The molecule has 0 atom stereocenters. The van der Waals surface area contributed by atoms with Crippen LogP contribution in [0.15, 0.2) is 63.9 Å². The van der Waals surface area contributed by atoms with E-state index in [0.717, 1.165) is 16.7 Å². The van der Waals surface area contributed by atoms with E-state index in [2.05, 4.69) is 0 Å². The molecule has 4 nitrogen and oxygen atoms in total. The monoisotopic (exact) mass is 449 g/mol. The summed E-state index contributed by atoms with van der Waals surface area (Å²) in [6, 6.07) is 15.0. The van der Waals surface area contributed by atoms with Crippen molar-refractivity contribution in [2.45, 2.75) is 0 Å². The molecule has 0 bridgehead atoms. The van der Waals surface area contributed by atoms with Gasteiger partial charge in [-0.2, -0.15) is 0 Å². The Morgan fingerprint density at radius 1 is 0.893 bits per heavy atom. The van der Waals surface area contributed by atoms with Crippen LogP contribution in [0.4, 0.5) is 10.5 Å². The molecule has 8 heteroatoms. The van der Waals surface area contributed by atoms with Gasteiger partial charge in [0, 0.05) is 11.1 Å². The van der Waals surface area contributed by atoms with Crippen LogP contribution in [0.2, 0.25) is 15.1 Å². The second kappa shape index (κ2) is 7.68. The van der Waals surface area contributed by atoms with Gasteiger partial charge in [-0.1, -0.05) is 40.9 Å². The number of furan rings is 1. The maximum atomic E-state index is 12.7. The first-order valence-electron chi connectivity index (χ1n) is 8.02. The third kappa shape index (κ3) is 3.59. The molecular formula is C20H10Cl3NO3S. The lowest BCUT2D eigenvalue weighted by atomic mass is 10.2. The van der Waals surface area contributed by atoms with Crippen LogP contribution < -0.4 is 4.90 Å². The van der Waals surface area contributed by atoms with E-state index in [9.17, 15) is 9.59 Å². The van der Waals surface area contributed by atoms with E-state index in [1.165, 1.54) is 6.08 Å². The lowest BCUT2D eigenvalue weighted by Crippen LogP contribution is -2.27. The van der Waals surface area contributed by atoms with E-state index in [-0.39, 0.29) is 10.1 Å². The standard InChI is InChI=1S/C20H10Cl3NO3S/c21-11-4-6-12(7-5-11)24-19(25)17(28-20(24)26)10-13-8-9-16(27-13)18-14(22)2-1-3-15(18)23/h1-10H/b17-10+. The molecule has 2 aromatic carbocycles. The number of halogens is 3. The fourth-order valence-corrected chi connectivity index (χ4v) is 4.24. The van der Waals surface area contributed by atoms with Crippen molar-refractivity contribution in [1.82, 2.24) is 0 Å². The normalized spacial score (nSPS) is 15.7. The van der Waals surface area contributed by atoms with Crippen molar-refractivity contribution >= 4 is 69.5 Å². The van der Waals surface area contributed by atoms with Crippen LogP contribution in [0.5, 0.6) is 0 Å². The van der Waals surface area contributed by atoms with Crippen LogP contribution >= 0.6 is 46.6 Å². The molecule has 2 amide bonds. The van der Waals surface area contributed by atoms with Crippen molar-refractivity contribution in [3.8, 4) is 11.3 Å². The Morgan fingerprint density at radius 2 is 1.57 bits per heavy atom. The molecule has 1 saturated heterocycles. The van der Waals surface area contributed by atoms with Crippen LogP contribution in [0.25, 0.3) is 17.4 Å². The largest absolute Gasteiger partial charge is 0.457 e. The summed E-state index contributed by atoms with van der Waals surface area (Å²) in [5.41, 5.74) is 1.03. The van der Waals surface area contributed by atoms with E-state index in [1.807, 2.05) is 0 Å². The predicted octanol–water partition coefficient (Wildman–Crippen LogP) is 7.15. The number of nitrogens with zero attached hydrogens (tertiary/aromatic N) is 1. The zero-order valence-corrected chi connectivity index (χ0v) is 17.1. The van der Waals surface area contributed by atoms with E-state index < -0.39 is 5.91 Å². The number of anilines is 1. The molecule has 0 radical (unpaired) electrons. The minimum Gasteiger partial charge on any atom is -0.457 e. The van der Waals surface area contributed by atoms with Gasteiger partial charge < -0.3 is 4.42 Å². The topological polar surface area (TPSA) is 50.5 Å². The fourth-order valence-electron chi connectivity index (χ4n) is 2.71. The molecule has 2 heterocycles. The molecule has 140 valence electrons. The summed E-state index contributed by atoms with van der Waals surface area (Å²) >= 11 is 19.1. The molecule has 1 aliphatic rings. The van der Waals surface area contributed by atoms with Gasteiger partial charge in [0.05, 0.1) is 26.2 Å². The molecule has 0 N–H and O–H groups in total. The Hall–Kier alpha value is -2.18. The number of carbonyl (C=O) groups excluding carboxylic acids is 2. The second-order valence-corrected chi connectivity index (χ2v) is 8.04. The van der Waals surface area contributed by atoms with Crippen molar-refractivity contribution in [2.24, 2.45) is 0 Å². The van der Waals surface area contributed by atoms with Gasteiger partial charge in [0.15, 0.2) is 0 Å². The number of imide groups is 1. The van der Waals surface area contributed by atoms with Gasteiger partial charge >= 0.3 is 0 Å². The first-order valence-corrected chi connectivity index (χ1v) is 9.97. The lowest BCUT2D eigenvalue weighted by Gasteiger charge is -2.11. The molecule has 0 saturated carbocycles. The Balaban J connectivity index is 1.64. The van der Waals surface area contributed by atoms with Gasteiger partial charge in [0.25, 0.3) is 11.1 Å². The molecule has 4 rings (SSSR count). The zero-order valence-electron chi connectivity index (χ0n) is 14.0. The van der Waals surface area contributed by atoms with Crippen LogP contribution in [0.3, 0.4) is 0 Å². The van der Waals surface area contributed by atoms with Gasteiger partial charge in [0.2, 0.25) is 0 Å².